The van der Waals surface area contributed by atoms with Crippen LogP contribution in [0.5, 0.6) is 0 Å². The predicted molar refractivity (Wildman–Crippen MR) is 58.5 cm³/mol. The fraction of sp³-hybridized carbons (Fsp3) is 0.600. The standard InChI is InChI=1S/C10H16N4O/c1-7-3-4-9(15-7)14-10(12-2)8(5-11)6-13-14/h5-7,9,11-12H,3-4H2,1-2H3. The molecule has 0 aliphatic carbocycles. The molecule has 2 rings (SSSR count). The number of hydrogen-bond donors (Lipinski definition) is 2. The molecule has 5 nitrogen and oxygen atoms in total. The maximum atomic E-state index is 7.25. The van der Waals surface area contributed by atoms with Gasteiger partial charge in [0.25, 0.3) is 0 Å². The van der Waals surface area contributed by atoms with E-state index in [2.05, 4.69) is 17.3 Å². The third-order valence-electron chi connectivity index (χ3n) is 2.70. The SMILES string of the molecule is CNc1c(C=N)cnn1C1CCC(C)O1. The smallest absolute Gasteiger partial charge is 0.152 e. The number of rotatable bonds is 3. The zero-order valence-electron chi connectivity index (χ0n) is 9.03. The summed E-state index contributed by atoms with van der Waals surface area (Å²) in [5, 5.41) is 14.6. The van der Waals surface area contributed by atoms with Gasteiger partial charge in [0.2, 0.25) is 0 Å². The van der Waals surface area contributed by atoms with E-state index in [0.717, 1.165) is 24.2 Å². The lowest BCUT2D eigenvalue weighted by molar-refractivity contribution is 0.00465. The lowest BCUT2D eigenvalue weighted by Crippen LogP contribution is -2.13. The van der Waals surface area contributed by atoms with Crippen LogP contribution in [-0.2, 0) is 4.74 Å². The van der Waals surface area contributed by atoms with E-state index < -0.39 is 0 Å². The average Bonchev–Trinajstić information content (AvgIpc) is 2.82. The number of aromatic nitrogens is 2. The molecular weight excluding hydrogens is 192 g/mol. The largest absolute Gasteiger partial charge is 0.373 e. The summed E-state index contributed by atoms with van der Waals surface area (Å²) in [5.74, 6) is 0.851. The summed E-state index contributed by atoms with van der Waals surface area (Å²) in [5.41, 5.74) is 0.792. The Morgan fingerprint density at radius 1 is 1.67 bits per heavy atom. The Bertz CT molecular complexity index is 360. The number of nitrogens with one attached hydrogen (secondary N) is 2. The third kappa shape index (κ3) is 1.74. The van der Waals surface area contributed by atoms with Crippen LogP contribution in [-0.4, -0.2) is 29.1 Å². The molecule has 82 valence electrons. The second-order valence-electron chi connectivity index (χ2n) is 3.77. The number of hydrogen-bond acceptors (Lipinski definition) is 4. The van der Waals surface area contributed by atoms with Crippen molar-refractivity contribution >= 4 is 12.0 Å². The molecule has 0 saturated carbocycles. The van der Waals surface area contributed by atoms with Crippen molar-refractivity contribution in [3.8, 4) is 0 Å². The van der Waals surface area contributed by atoms with Crippen molar-refractivity contribution in [1.82, 2.24) is 9.78 Å². The summed E-state index contributed by atoms with van der Waals surface area (Å²) in [6, 6.07) is 0. The Balaban J connectivity index is 2.27. The number of nitrogens with zero attached hydrogens (tertiary/aromatic N) is 2. The summed E-state index contributed by atoms with van der Waals surface area (Å²) < 4.78 is 7.56. The average molecular weight is 208 g/mol. The van der Waals surface area contributed by atoms with E-state index in [0.29, 0.717) is 6.10 Å². The molecule has 2 unspecified atom stereocenters. The van der Waals surface area contributed by atoms with Crippen molar-refractivity contribution in [2.24, 2.45) is 0 Å². The van der Waals surface area contributed by atoms with Crippen molar-refractivity contribution < 1.29 is 4.74 Å². The Morgan fingerprint density at radius 3 is 3.00 bits per heavy atom. The normalized spacial score (nSPS) is 25.5. The van der Waals surface area contributed by atoms with Gasteiger partial charge in [0.1, 0.15) is 5.82 Å². The topological polar surface area (TPSA) is 62.9 Å². The maximum Gasteiger partial charge on any atom is 0.152 e. The first kappa shape index (κ1) is 10.2. The van der Waals surface area contributed by atoms with Crippen molar-refractivity contribution in [1.29, 1.82) is 5.41 Å². The molecule has 1 aliphatic heterocycles. The van der Waals surface area contributed by atoms with Crippen LogP contribution in [0.1, 0.15) is 31.6 Å². The van der Waals surface area contributed by atoms with Gasteiger partial charge in [-0.15, -0.1) is 0 Å². The molecule has 15 heavy (non-hydrogen) atoms. The molecule has 1 aromatic rings. The molecule has 0 radical (unpaired) electrons. The molecule has 0 aromatic carbocycles. The molecule has 1 saturated heterocycles. The lowest BCUT2D eigenvalue weighted by atomic mass is 10.2. The summed E-state index contributed by atoms with van der Waals surface area (Å²) in [6.07, 6.45) is 5.34. The highest BCUT2D eigenvalue weighted by Crippen LogP contribution is 2.30. The second kappa shape index (κ2) is 4.02. The van der Waals surface area contributed by atoms with E-state index in [9.17, 15) is 0 Å². The predicted octanol–water partition coefficient (Wildman–Crippen LogP) is 1.62. The van der Waals surface area contributed by atoms with Gasteiger partial charge in [0, 0.05) is 13.3 Å². The monoisotopic (exact) mass is 208 g/mol. The first-order chi connectivity index (χ1) is 7.26. The number of anilines is 1. The van der Waals surface area contributed by atoms with E-state index in [-0.39, 0.29) is 6.23 Å². The van der Waals surface area contributed by atoms with E-state index in [4.69, 9.17) is 10.1 Å². The van der Waals surface area contributed by atoms with Gasteiger partial charge in [-0.05, 0) is 19.8 Å². The molecule has 2 atom stereocenters. The quantitative estimate of drug-likeness (QED) is 0.742. The molecule has 1 fully saturated rings. The van der Waals surface area contributed by atoms with Gasteiger partial charge >= 0.3 is 0 Å². The highest BCUT2D eigenvalue weighted by molar-refractivity contribution is 5.83. The maximum absolute atomic E-state index is 7.25. The zero-order chi connectivity index (χ0) is 10.8. The lowest BCUT2D eigenvalue weighted by Gasteiger charge is -2.15. The fourth-order valence-corrected chi connectivity index (χ4v) is 1.92. The van der Waals surface area contributed by atoms with E-state index in [1.54, 1.807) is 6.20 Å². The van der Waals surface area contributed by atoms with Gasteiger partial charge in [-0.3, -0.25) is 0 Å². The van der Waals surface area contributed by atoms with E-state index >= 15 is 0 Å². The fourth-order valence-electron chi connectivity index (χ4n) is 1.92. The molecule has 5 heteroatoms. The molecule has 0 spiro atoms. The zero-order valence-corrected chi connectivity index (χ0v) is 9.03. The summed E-state index contributed by atoms with van der Waals surface area (Å²) in [6.45, 7) is 2.07. The van der Waals surface area contributed by atoms with Gasteiger partial charge in [-0.1, -0.05) is 0 Å². The Labute approximate surface area is 88.9 Å². The van der Waals surface area contributed by atoms with Gasteiger partial charge in [0.15, 0.2) is 6.23 Å². The second-order valence-corrected chi connectivity index (χ2v) is 3.77. The minimum atomic E-state index is 0.0103. The van der Waals surface area contributed by atoms with Crippen molar-refractivity contribution in [2.75, 3.05) is 12.4 Å². The van der Waals surface area contributed by atoms with Crippen LogP contribution in [0.4, 0.5) is 5.82 Å². The Morgan fingerprint density at radius 2 is 2.47 bits per heavy atom. The van der Waals surface area contributed by atoms with E-state index in [1.165, 1.54) is 6.21 Å². The molecule has 1 aromatic heterocycles. The molecule has 2 heterocycles. The summed E-state index contributed by atoms with van der Waals surface area (Å²) in [7, 11) is 1.83. The minimum Gasteiger partial charge on any atom is -0.373 e. The molecule has 0 amide bonds. The Kier molecular flexibility index (Phi) is 2.73. The molecule has 1 aliphatic rings. The van der Waals surface area contributed by atoms with Crippen LogP contribution in [0.2, 0.25) is 0 Å². The highest BCUT2D eigenvalue weighted by atomic mass is 16.5. The van der Waals surface area contributed by atoms with Crippen molar-refractivity contribution in [2.45, 2.75) is 32.1 Å². The molecular formula is C10H16N4O. The number of ether oxygens (including phenoxy) is 1. The van der Waals surface area contributed by atoms with Crippen LogP contribution >= 0.6 is 0 Å². The van der Waals surface area contributed by atoms with E-state index in [1.807, 2.05) is 11.7 Å². The van der Waals surface area contributed by atoms with Crippen molar-refractivity contribution in [3.63, 3.8) is 0 Å². The van der Waals surface area contributed by atoms with Gasteiger partial charge < -0.3 is 15.5 Å². The van der Waals surface area contributed by atoms with Crippen LogP contribution in [0.3, 0.4) is 0 Å². The third-order valence-corrected chi connectivity index (χ3v) is 2.70. The van der Waals surface area contributed by atoms with Gasteiger partial charge in [0.05, 0.1) is 17.9 Å². The minimum absolute atomic E-state index is 0.0103. The first-order valence-corrected chi connectivity index (χ1v) is 5.17. The van der Waals surface area contributed by atoms with Crippen molar-refractivity contribution in [3.05, 3.63) is 11.8 Å². The Hall–Kier alpha value is -1.36. The van der Waals surface area contributed by atoms with Crippen LogP contribution in [0.25, 0.3) is 0 Å². The first-order valence-electron chi connectivity index (χ1n) is 5.17. The summed E-state index contributed by atoms with van der Waals surface area (Å²) in [4.78, 5) is 0. The van der Waals surface area contributed by atoms with Gasteiger partial charge in [-0.2, -0.15) is 5.10 Å². The van der Waals surface area contributed by atoms with Crippen LogP contribution < -0.4 is 5.32 Å². The van der Waals surface area contributed by atoms with Crippen LogP contribution in [0.15, 0.2) is 6.20 Å². The summed E-state index contributed by atoms with van der Waals surface area (Å²) >= 11 is 0. The van der Waals surface area contributed by atoms with Crippen LogP contribution in [0, 0.1) is 5.41 Å². The highest BCUT2D eigenvalue weighted by Gasteiger charge is 2.26. The molecule has 0 bridgehead atoms. The molecule has 2 N–H and O–H groups in total. The van der Waals surface area contributed by atoms with Gasteiger partial charge in [-0.25, -0.2) is 4.68 Å².